The van der Waals surface area contributed by atoms with Crippen LogP contribution < -0.4 is 15.1 Å². The van der Waals surface area contributed by atoms with Crippen molar-refractivity contribution < 1.29 is 40.3 Å². The molecular formula is C31H38F7N7O2. The highest BCUT2D eigenvalue weighted by Crippen LogP contribution is 2.44. The van der Waals surface area contributed by atoms with Crippen molar-refractivity contribution in [3.63, 3.8) is 0 Å². The number of carbonyl (C=O) groups is 1. The third-order valence-corrected chi connectivity index (χ3v) is 7.61. The predicted octanol–water partition coefficient (Wildman–Crippen LogP) is 7.15. The minimum Gasteiger partial charge on any atom is -0.444 e. The number of fused-ring (bicyclic) bond motifs is 1. The largest absolute Gasteiger partial charge is 0.444 e. The molecule has 0 radical (unpaired) electrons. The molecular weight excluding hydrogens is 635 g/mol. The zero-order valence-electron chi connectivity index (χ0n) is 26.8. The summed E-state index contributed by atoms with van der Waals surface area (Å²) in [6.45, 7) is 5.92. The molecule has 0 aliphatic carbocycles. The second kappa shape index (κ2) is 13.9. The molecule has 2 heterocycles. The number of aromatic nitrogens is 4. The molecule has 47 heavy (non-hydrogen) atoms. The van der Waals surface area contributed by atoms with E-state index >= 15 is 0 Å². The van der Waals surface area contributed by atoms with Crippen molar-refractivity contribution in [3.8, 4) is 0 Å². The van der Waals surface area contributed by atoms with E-state index in [9.17, 15) is 35.5 Å². The summed E-state index contributed by atoms with van der Waals surface area (Å²) in [5.41, 5.74) is -1.85. The summed E-state index contributed by atoms with van der Waals surface area (Å²) >= 11 is 0. The van der Waals surface area contributed by atoms with E-state index in [0.29, 0.717) is 24.9 Å². The summed E-state index contributed by atoms with van der Waals surface area (Å²) in [7, 11) is 1.51. The summed E-state index contributed by atoms with van der Waals surface area (Å²) in [4.78, 5) is 16.8. The van der Waals surface area contributed by atoms with Gasteiger partial charge in [0.2, 0.25) is 0 Å². The quantitative estimate of drug-likeness (QED) is 0.242. The Hall–Kier alpha value is -4.11. The van der Waals surface area contributed by atoms with E-state index in [1.807, 2.05) is 0 Å². The van der Waals surface area contributed by atoms with Gasteiger partial charge in [-0.1, -0.05) is 24.2 Å². The van der Waals surface area contributed by atoms with Crippen LogP contribution in [0.4, 0.5) is 47.2 Å². The Morgan fingerprint density at radius 3 is 2.32 bits per heavy atom. The first-order valence-corrected chi connectivity index (χ1v) is 15.1. The number of amides is 1. The number of benzene rings is 2. The molecule has 4 rings (SSSR count). The number of hydrogen-bond donors (Lipinski definition) is 1. The Labute approximate surface area is 268 Å². The van der Waals surface area contributed by atoms with Gasteiger partial charge in [0.05, 0.1) is 24.2 Å². The number of tetrazole rings is 1. The molecule has 0 fully saturated rings. The van der Waals surface area contributed by atoms with Crippen molar-refractivity contribution in [1.82, 2.24) is 25.5 Å². The minimum atomic E-state index is -4.73. The highest BCUT2D eigenvalue weighted by molar-refractivity contribution is 5.68. The van der Waals surface area contributed by atoms with Crippen LogP contribution in [-0.2, 0) is 43.8 Å². The van der Waals surface area contributed by atoms with Crippen LogP contribution in [0.15, 0.2) is 30.3 Å². The fourth-order valence-electron chi connectivity index (χ4n) is 5.66. The van der Waals surface area contributed by atoms with Crippen LogP contribution in [0.3, 0.4) is 0 Å². The Bertz CT molecular complexity index is 1550. The number of ether oxygens (including phenoxy) is 1. The van der Waals surface area contributed by atoms with Crippen LogP contribution in [0, 0.1) is 0 Å². The summed E-state index contributed by atoms with van der Waals surface area (Å²) in [6.07, 6.45) is -9.17. The lowest BCUT2D eigenvalue weighted by Crippen LogP contribution is -2.38. The number of nitrogens with one attached hydrogen (secondary N) is 1. The Morgan fingerprint density at radius 2 is 1.74 bits per heavy atom. The summed E-state index contributed by atoms with van der Waals surface area (Å²) in [5, 5.41) is 14.9. The lowest BCUT2D eigenvalue weighted by Gasteiger charge is -2.33. The van der Waals surface area contributed by atoms with Crippen molar-refractivity contribution in [2.45, 2.75) is 84.2 Å². The van der Waals surface area contributed by atoms with Gasteiger partial charge in [0.25, 0.3) is 5.95 Å². The molecule has 1 atom stereocenters. The summed E-state index contributed by atoms with van der Waals surface area (Å²) in [6, 6.07) is 4.84. The van der Waals surface area contributed by atoms with Gasteiger partial charge in [0.1, 0.15) is 12.3 Å². The van der Waals surface area contributed by atoms with Gasteiger partial charge in [0.15, 0.2) is 0 Å². The van der Waals surface area contributed by atoms with Gasteiger partial charge in [-0.05, 0) is 85.7 Å². The minimum absolute atomic E-state index is 0.0423. The Morgan fingerprint density at radius 1 is 1.04 bits per heavy atom. The molecule has 1 aliphatic rings. The van der Waals surface area contributed by atoms with Gasteiger partial charge in [-0.3, -0.25) is 0 Å². The number of hydrogen-bond acceptors (Lipinski definition) is 7. The van der Waals surface area contributed by atoms with Crippen molar-refractivity contribution in [1.29, 1.82) is 0 Å². The third kappa shape index (κ3) is 9.04. The molecule has 0 bridgehead atoms. The smallest absolute Gasteiger partial charge is 0.416 e. The highest BCUT2D eigenvalue weighted by atomic mass is 19.4. The van der Waals surface area contributed by atoms with Crippen molar-refractivity contribution in [2.24, 2.45) is 7.05 Å². The van der Waals surface area contributed by atoms with E-state index in [1.54, 1.807) is 37.5 Å². The lowest BCUT2D eigenvalue weighted by molar-refractivity contribution is -0.138. The van der Waals surface area contributed by atoms with Crippen LogP contribution in [0.2, 0.25) is 0 Å². The monoisotopic (exact) mass is 673 g/mol. The van der Waals surface area contributed by atoms with E-state index in [-0.39, 0.29) is 54.4 Å². The van der Waals surface area contributed by atoms with Gasteiger partial charge >= 0.3 is 18.4 Å². The zero-order chi connectivity index (χ0) is 34.7. The van der Waals surface area contributed by atoms with Crippen molar-refractivity contribution >= 4 is 17.7 Å². The van der Waals surface area contributed by atoms with Crippen LogP contribution in [0.5, 0.6) is 0 Å². The maximum Gasteiger partial charge on any atom is 0.416 e. The van der Waals surface area contributed by atoms with Gasteiger partial charge in [0, 0.05) is 31.9 Å². The van der Waals surface area contributed by atoms with Crippen molar-refractivity contribution in [2.75, 3.05) is 29.4 Å². The maximum atomic E-state index is 14.3. The molecule has 0 spiro atoms. The first kappa shape index (κ1) is 35.7. The molecule has 2 aromatic carbocycles. The number of halogens is 7. The molecule has 1 aliphatic heterocycles. The average molecular weight is 674 g/mol. The second-order valence-corrected chi connectivity index (χ2v) is 12.4. The fraction of sp³-hybridized carbons (Fsp3) is 0.548. The van der Waals surface area contributed by atoms with E-state index in [0.717, 1.165) is 23.0 Å². The molecule has 0 saturated carbocycles. The predicted molar refractivity (Wildman–Crippen MR) is 160 cm³/mol. The number of alkyl carbamates (subject to hydrolysis) is 1. The number of anilines is 2. The first-order chi connectivity index (χ1) is 21.9. The highest BCUT2D eigenvalue weighted by Gasteiger charge is 2.38. The van der Waals surface area contributed by atoms with Gasteiger partial charge < -0.3 is 19.9 Å². The van der Waals surface area contributed by atoms with E-state index in [1.165, 1.54) is 19.2 Å². The Balaban J connectivity index is 1.81. The number of aryl methyl sites for hydroxylation is 2. The standard InChI is InChI=1S/C31H38F7N7O2/c1-6-21-15-23-25(45(27-40-42-43(5)41-27)18-20-12-19(17-32)13-22(14-20)30(33,34)35)8-7-10-44(26(23)16-24(21)31(36,37)38)11-9-39-28(46)47-29(2,3)4/h12-16,25H,6-11,17-18H2,1-5H3,(H,39,46). The SMILES string of the molecule is CCc1cc2c(cc1C(F)(F)F)N(CCNC(=O)OC(C)(C)C)CCCC2N(Cc1cc(CF)cc(C(F)(F)F)c1)c1nnn(C)n1. The molecule has 1 amide bonds. The molecule has 1 aromatic heterocycles. The molecule has 1 N–H and O–H groups in total. The summed E-state index contributed by atoms with van der Waals surface area (Å²) in [5.74, 6) is 0.0423. The molecule has 0 saturated heterocycles. The van der Waals surface area contributed by atoms with Crippen molar-refractivity contribution in [3.05, 3.63) is 63.7 Å². The topological polar surface area (TPSA) is 88.4 Å². The van der Waals surface area contributed by atoms with Crippen LogP contribution in [-0.4, -0.2) is 51.5 Å². The normalized spacial score (nSPS) is 15.7. The first-order valence-electron chi connectivity index (χ1n) is 15.1. The third-order valence-electron chi connectivity index (χ3n) is 7.61. The number of nitrogens with zero attached hydrogens (tertiary/aromatic N) is 6. The molecule has 3 aromatic rings. The van der Waals surface area contributed by atoms with Gasteiger partial charge in [-0.15, -0.1) is 5.10 Å². The van der Waals surface area contributed by atoms with Crippen LogP contribution in [0.25, 0.3) is 0 Å². The van der Waals surface area contributed by atoms with E-state index in [2.05, 4.69) is 20.7 Å². The Kier molecular flexibility index (Phi) is 10.6. The second-order valence-electron chi connectivity index (χ2n) is 12.4. The molecule has 16 heteroatoms. The number of alkyl halides is 7. The lowest BCUT2D eigenvalue weighted by atomic mass is 9.93. The van der Waals surface area contributed by atoms with E-state index in [4.69, 9.17) is 4.74 Å². The summed E-state index contributed by atoms with van der Waals surface area (Å²) < 4.78 is 103. The van der Waals surface area contributed by atoms with Crippen LogP contribution in [0.1, 0.15) is 80.0 Å². The molecule has 258 valence electrons. The van der Waals surface area contributed by atoms with Gasteiger partial charge in [-0.25, -0.2) is 9.18 Å². The van der Waals surface area contributed by atoms with Gasteiger partial charge in [-0.2, -0.15) is 31.1 Å². The maximum absolute atomic E-state index is 14.3. The van der Waals surface area contributed by atoms with E-state index < -0.39 is 47.9 Å². The molecule has 1 unspecified atom stereocenters. The number of carbonyl (C=O) groups excluding carboxylic acids is 1. The zero-order valence-corrected chi connectivity index (χ0v) is 26.8. The van der Waals surface area contributed by atoms with Crippen LogP contribution >= 0.6 is 0 Å². The fourth-order valence-corrected chi connectivity index (χ4v) is 5.66. The molecule has 9 nitrogen and oxygen atoms in total. The number of rotatable bonds is 9. The average Bonchev–Trinajstić information content (AvgIpc) is 3.32.